The molecule has 2 rings (SSSR count). The second kappa shape index (κ2) is 10.4. The maximum absolute atomic E-state index is 10.5. The summed E-state index contributed by atoms with van der Waals surface area (Å²) in [4.78, 5) is 10.5. The van der Waals surface area contributed by atoms with E-state index in [2.05, 4.69) is 41.5 Å². The van der Waals surface area contributed by atoms with Crippen LogP contribution in [0.1, 0.15) is 71.1 Å². The number of carboxylic acids is 1. The molecule has 0 saturated heterocycles. The molecule has 4 atom stereocenters. The molecule has 0 aromatic carbocycles. The van der Waals surface area contributed by atoms with Gasteiger partial charge in [0.1, 0.15) is 0 Å². The van der Waals surface area contributed by atoms with E-state index < -0.39 is 5.97 Å². The van der Waals surface area contributed by atoms with Crippen LogP contribution in [0.5, 0.6) is 0 Å². The number of rotatable bonds is 12. The number of carboxylic acid groups (broad SMARTS) is 1. The average Bonchev–Trinajstić information content (AvgIpc) is 3.15. The highest BCUT2D eigenvalue weighted by Gasteiger charge is 2.45. The van der Waals surface area contributed by atoms with Gasteiger partial charge in [-0.25, -0.2) is 0 Å². The van der Waals surface area contributed by atoms with Crippen LogP contribution in [0.2, 0.25) is 0 Å². The number of fused-ring (bicyclic) bond motifs is 2. The van der Waals surface area contributed by atoms with Crippen LogP contribution in [-0.4, -0.2) is 23.2 Å². The zero-order valence-electron chi connectivity index (χ0n) is 14.9. The minimum atomic E-state index is -0.707. The molecule has 0 aromatic rings. The zero-order chi connectivity index (χ0) is 17.2. The van der Waals surface area contributed by atoms with Crippen LogP contribution in [0.3, 0.4) is 0 Å². The maximum atomic E-state index is 10.5. The molecule has 1 N–H and O–H groups in total. The van der Waals surface area contributed by atoms with Crippen LogP contribution in [0, 0.1) is 11.8 Å². The SMILES string of the molecule is CCCCCC/C=C/C1[C@@H](C/C=C\CCCC(=O)O)[C@@H]2C[C@H]1N=N2. The van der Waals surface area contributed by atoms with E-state index in [1.807, 2.05) is 0 Å². The molecular weight excluding hydrogens is 300 g/mol. The largest absolute Gasteiger partial charge is 0.481 e. The van der Waals surface area contributed by atoms with Crippen molar-refractivity contribution in [1.82, 2.24) is 0 Å². The Morgan fingerprint density at radius 2 is 1.83 bits per heavy atom. The first-order chi connectivity index (χ1) is 11.7. The van der Waals surface area contributed by atoms with Crippen LogP contribution in [-0.2, 0) is 4.79 Å². The summed E-state index contributed by atoms with van der Waals surface area (Å²) in [6, 6.07) is 0.792. The van der Waals surface area contributed by atoms with Crippen molar-refractivity contribution in [1.29, 1.82) is 0 Å². The summed E-state index contributed by atoms with van der Waals surface area (Å²) in [6.45, 7) is 2.25. The van der Waals surface area contributed by atoms with Gasteiger partial charge in [0.2, 0.25) is 0 Å². The minimum Gasteiger partial charge on any atom is -0.481 e. The second-order valence-corrected chi connectivity index (χ2v) is 7.11. The number of carbonyl (C=O) groups is 1. The van der Waals surface area contributed by atoms with E-state index in [1.165, 1.54) is 32.1 Å². The Hall–Kier alpha value is -1.45. The van der Waals surface area contributed by atoms with Crippen LogP contribution in [0.25, 0.3) is 0 Å². The van der Waals surface area contributed by atoms with Crippen molar-refractivity contribution >= 4 is 5.97 Å². The van der Waals surface area contributed by atoms with Gasteiger partial charge in [-0.3, -0.25) is 4.79 Å². The van der Waals surface area contributed by atoms with Crippen molar-refractivity contribution in [3.05, 3.63) is 24.3 Å². The summed E-state index contributed by atoms with van der Waals surface area (Å²) in [7, 11) is 0. The molecule has 1 saturated carbocycles. The molecule has 1 heterocycles. The topological polar surface area (TPSA) is 62.0 Å². The molecule has 4 nitrogen and oxygen atoms in total. The van der Waals surface area contributed by atoms with Crippen LogP contribution in [0.15, 0.2) is 34.5 Å². The second-order valence-electron chi connectivity index (χ2n) is 7.11. The van der Waals surface area contributed by atoms with E-state index >= 15 is 0 Å². The average molecular weight is 332 g/mol. The van der Waals surface area contributed by atoms with Gasteiger partial charge in [-0.2, -0.15) is 10.2 Å². The third-order valence-electron chi connectivity index (χ3n) is 5.20. The quantitative estimate of drug-likeness (QED) is 0.376. The molecule has 1 aliphatic carbocycles. The van der Waals surface area contributed by atoms with Gasteiger partial charge in [-0.1, -0.05) is 50.5 Å². The lowest BCUT2D eigenvalue weighted by Gasteiger charge is -2.22. The maximum Gasteiger partial charge on any atom is 0.303 e. The molecule has 0 amide bonds. The smallest absolute Gasteiger partial charge is 0.303 e. The Bertz CT molecular complexity index is 470. The Kier molecular flexibility index (Phi) is 8.20. The Labute approximate surface area is 146 Å². The molecular formula is C20H32N2O2. The van der Waals surface area contributed by atoms with E-state index in [9.17, 15) is 4.79 Å². The fourth-order valence-corrected chi connectivity index (χ4v) is 3.82. The molecule has 134 valence electrons. The van der Waals surface area contributed by atoms with Crippen LogP contribution >= 0.6 is 0 Å². The highest BCUT2D eigenvalue weighted by Crippen LogP contribution is 2.44. The van der Waals surface area contributed by atoms with E-state index in [4.69, 9.17) is 5.11 Å². The van der Waals surface area contributed by atoms with E-state index in [0.717, 1.165) is 25.7 Å². The van der Waals surface area contributed by atoms with Crippen molar-refractivity contribution < 1.29 is 9.90 Å². The standard InChI is InChI=1S/C20H32N2O2/c1-2-3-4-5-6-9-12-16-17(19-15-18(16)21-22-19)13-10-7-8-11-14-20(23)24/h7,9-10,12,16-19H,2-6,8,11,13-15H2,1H3,(H,23,24)/b10-7-,12-9+/t16?,17-,18-,19+/m1/s1. The van der Waals surface area contributed by atoms with Crippen LogP contribution < -0.4 is 0 Å². The Morgan fingerprint density at radius 3 is 2.62 bits per heavy atom. The van der Waals surface area contributed by atoms with Gasteiger partial charge in [0.05, 0.1) is 12.1 Å². The number of hydrogen-bond acceptors (Lipinski definition) is 3. The number of azo groups is 1. The van der Waals surface area contributed by atoms with Crippen molar-refractivity contribution in [2.24, 2.45) is 22.1 Å². The lowest BCUT2D eigenvalue weighted by molar-refractivity contribution is -0.137. The van der Waals surface area contributed by atoms with Gasteiger partial charge in [-0.15, -0.1) is 0 Å². The molecule has 1 aliphatic heterocycles. The first kappa shape index (κ1) is 18.9. The summed E-state index contributed by atoms with van der Waals surface area (Å²) in [5.41, 5.74) is 0. The van der Waals surface area contributed by atoms with Crippen molar-refractivity contribution in [2.75, 3.05) is 0 Å². The number of aliphatic carboxylic acids is 1. The van der Waals surface area contributed by atoms with Gasteiger partial charge >= 0.3 is 5.97 Å². The molecule has 1 fully saturated rings. The predicted molar refractivity (Wildman–Crippen MR) is 97.2 cm³/mol. The van der Waals surface area contributed by atoms with Crippen molar-refractivity contribution in [3.63, 3.8) is 0 Å². The molecule has 0 spiro atoms. The van der Waals surface area contributed by atoms with Gasteiger partial charge < -0.3 is 5.11 Å². The van der Waals surface area contributed by atoms with E-state index in [-0.39, 0.29) is 6.42 Å². The van der Waals surface area contributed by atoms with Gasteiger partial charge in [0.25, 0.3) is 0 Å². The normalized spacial score (nSPS) is 28.5. The first-order valence-electron chi connectivity index (χ1n) is 9.65. The zero-order valence-corrected chi connectivity index (χ0v) is 14.9. The molecule has 2 aliphatic rings. The number of hydrogen-bond donors (Lipinski definition) is 1. The Balaban J connectivity index is 1.73. The monoisotopic (exact) mass is 332 g/mol. The third kappa shape index (κ3) is 5.88. The molecule has 2 bridgehead atoms. The van der Waals surface area contributed by atoms with Gasteiger partial charge in [-0.05, 0) is 44.4 Å². The summed E-state index contributed by atoms with van der Waals surface area (Å²) in [6.07, 6.45) is 19.6. The number of nitrogens with zero attached hydrogens (tertiary/aromatic N) is 2. The number of allylic oxidation sites excluding steroid dienone is 3. The van der Waals surface area contributed by atoms with Gasteiger partial charge in [0.15, 0.2) is 0 Å². The van der Waals surface area contributed by atoms with E-state index in [1.54, 1.807) is 0 Å². The number of unbranched alkanes of at least 4 members (excludes halogenated alkanes) is 5. The lowest BCUT2D eigenvalue weighted by Crippen LogP contribution is -2.21. The van der Waals surface area contributed by atoms with Crippen molar-refractivity contribution in [3.8, 4) is 0 Å². The molecule has 0 aromatic heterocycles. The third-order valence-corrected chi connectivity index (χ3v) is 5.20. The summed E-state index contributed by atoms with van der Waals surface area (Å²) >= 11 is 0. The summed E-state index contributed by atoms with van der Waals surface area (Å²) < 4.78 is 0. The fraction of sp³-hybridized carbons (Fsp3) is 0.750. The molecule has 1 unspecified atom stereocenters. The molecule has 24 heavy (non-hydrogen) atoms. The highest BCUT2D eigenvalue weighted by atomic mass is 16.4. The summed E-state index contributed by atoms with van der Waals surface area (Å²) in [5, 5.41) is 17.5. The highest BCUT2D eigenvalue weighted by molar-refractivity contribution is 5.66. The van der Waals surface area contributed by atoms with E-state index in [0.29, 0.717) is 23.9 Å². The lowest BCUT2D eigenvalue weighted by atomic mass is 9.87. The Morgan fingerprint density at radius 1 is 1.04 bits per heavy atom. The minimum absolute atomic E-state index is 0.260. The molecule has 4 heteroatoms. The molecule has 0 radical (unpaired) electrons. The fourth-order valence-electron chi connectivity index (χ4n) is 3.82. The van der Waals surface area contributed by atoms with Crippen LogP contribution in [0.4, 0.5) is 0 Å². The first-order valence-corrected chi connectivity index (χ1v) is 9.65. The predicted octanol–water partition coefficient (Wildman–Crippen LogP) is 5.55. The summed E-state index contributed by atoms with van der Waals surface area (Å²) in [5.74, 6) is 0.415. The van der Waals surface area contributed by atoms with Gasteiger partial charge in [0, 0.05) is 12.3 Å². The van der Waals surface area contributed by atoms with Crippen molar-refractivity contribution in [2.45, 2.75) is 83.2 Å².